The summed E-state index contributed by atoms with van der Waals surface area (Å²) in [7, 11) is 0. The summed E-state index contributed by atoms with van der Waals surface area (Å²) in [4.78, 5) is 22.6. The van der Waals surface area contributed by atoms with E-state index in [0.29, 0.717) is 23.5 Å². The highest BCUT2D eigenvalue weighted by Gasteiger charge is 2.29. The number of rotatable bonds is 3. The average Bonchev–Trinajstić information content (AvgIpc) is 2.98. The van der Waals surface area contributed by atoms with Crippen LogP contribution in [0.5, 0.6) is 0 Å². The predicted octanol–water partition coefficient (Wildman–Crippen LogP) is 2.33. The zero-order chi connectivity index (χ0) is 18.0. The van der Waals surface area contributed by atoms with Gasteiger partial charge in [-0.05, 0) is 42.0 Å². The Morgan fingerprint density at radius 3 is 2.36 bits per heavy atom. The highest BCUT2D eigenvalue weighted by atomic mass is 19.1. The van der Waals surface area contributed by atoms with Crippen molar-refractivity contribution in [3.05, 3.63) is 65.5 Å². The number of halogens is 1. The van der Waals surface area contributed by atoms with E-state index in [4.69, 9.17) is 5.73 Å². The van der Waals surface area contributed by atoms with E-state index in [2.05, 4.69) is 10.4 Å². The molecule has 0 aliphatic carbocycles. The Balaban J connectivity index is 1.94. The third-order valence-corrected chi connectivity index (χ3v) is 3.90. The largest absolute Gasteiger partial charge is 0.366 e. The fourth-order valence-corrected chi connectivity index (χ4v) is 2.75. The Labute approximate surface area is 144 Å². The highest BCUT2D eigenvalue weighted by molar-refractivity contribution is 5.99. The van der Waals surface area contributed by atoms with E-state index < -0.39 is 5.91 Å². The van der Waals surface area contributed by atoms with Crippen LogP contribution in [-0.2, 0) is 4.79 Å². The molecule has 2 aromatic rings. The van der Waals surface area contributed by atoms with Crippen LogP contribution in [0.25, 0.3) is 0 Å². The lowest BCUT2D eigenvalue weighted by molar-refractivity contribution is -0.117. The molecule has 1 unspecified atom stereocenters. The van der Waals surface area contributed by atoms with Crippen LogP contribution in [-0.4, -0.2) is 17.6 Å². The van der Waals surface area contributed by atoms with Gasteiger partial charge < -0.3 is 11.1 Å². The van der Waals surface area contributed by atoms with Crippen LogP contribution in [0.15, 0.2) is 53.6 Å². The number of primary amides is 1. The number of nitrogens with one attached hydrogen (secondary N) is 1. The van der Waals surface area contributed by atoms with E-state index in [-0.39, 0.29) is 17.8 Å². The maximum Gasteiger partial charge on any atom is 0.248 e. The second-order valence-electron chi connectivity index (χ2n) is 5.76. The van der Waals surface area contributed by atoms with Gasteiger partial charge in [-0.3, -0.25) is 14.6 Å². The summed E-state index contributed by atoms with van der Waals surface area (Å²) < 4.78 is 13.2. The number of nitrogens with zero attached hydrogens (tertiary/aromatic N) is 2. The monoisotopic (exact) mass is 340 g/mol. The Hall–Kier alpha value is -3.22. The van der Waals surface area contributed by atoms with Crippen molar-refractivity contribution in [1.29, 1.82) is 0 Å². The third-order valence-electron chi connectivity index (χ3n) is 3.90. The predicted molar refractivity (Wildman–Crippen MR) is 92.4 cm³/mol. The van der Waals surface area contributed by atoms with Crippen LogP contribution in [0.4, 0.5) is 10.1 Å². The fourth-order valence-electron chi connectivity index (χ4n) is 2.75. The minimum atomic E-state index is -0.497. The summed E-state index contributed by atoms with van der Waals surface area (Å²) in [6.45, 7) is 1.42. The number of benzene rings is 2. The highest BCUT2D eigenvalue weighted by Crippen LogP contribution is 2.34. The molecule has 0 bridgehead atoms. The number of carbonyl (C=O) groups excluding carboxylic acids is 2. The van der Waals surface area contributed by atoms with E-state index in [0.717, 1.165) is 5.56 Å². The summed E-state index contributed by atoms with van der Waals surface area (Å²) in [6.07, 6.45) is 0.479. The number of nitrogens with two attached hydrogens (primary N) is 1. The average molecular weight is 340 g/mol. The maximum atomic E-state index is 13.2. The normalized spacial score (nSPS) is 16.5. The molecule has 2 amide bonds. The number of amides is 2. The van der Waals surface area contributed by atoms with Crippen molar-refractivity contribution in [2.24, 2.45) is 10.8 Å². The lowest BCUT2D eigenvalue weighted by atomic mass is 10.0. The van der Waals surface area contributed by atoms with Crippen LogP contribution in [0.3, 0.4) is 0 Å². The number of hydrogen-bond donors (Lipinski definition) is 2. The van der Waals surface area contributed by atoms with Crippen molar-refractivity contribution in [3.63, 3.8) is 0 Å². The summed E-state index contributed by atoms with van der Waals surface area (Å²) in [6, 6.07) is 12.7. The molecule has 0 radical (unpaired) electrons. The second kappa shape index (κ2) is 6.72. The zero-order valence-corrected chi connectivity index (χ0v) is 13.6. The van der Waals surface area contributed by atoms with Crippen molar-refractivity contribution < 1.29 is 14.0 Å². The molecule has 7 heteroatoms. The molecule has 3 N–H and O–H groups in total. The molecule has 128 valence electrons. The first-order valence-electron chi connectivity index (χ1n) is 7.73. The number of anilines is 1. The van der Waals surface area contributed by atoms with Gasteiger partial charge in [-0.1, -0.05) is 12.1 Å². The van der Waals surface area contributed by atoms with Gasteiger partial charge in [0.1, 0.15) is 11.7 Å². The van der Waals surface area contributed by atoms with Crippen LogP contribution < -0.4 is 16.1 Å². The van der Waals surface area contributed by atoms with Crippen molar-refractivity contribution in [2.45, 2.75) is 19.4 Å². The molecule has 1 aliphatic heterocycles. The quantitative estimate of drug-likeness (QED) is 0.899. The van der Waals surface area contributed by atoms with Gasteiger partial charge in [0.05, 0.1) is 11.7 Å². The Morgan fingerprint density at radius 2 is 1.80 bits per heavy atom. The first kappa shape index (κ1) is 16.6. The van der Waals surface area contributed by atoms with Gasteiger partial charge in [-0.15, -0.1) is 0 Å². The van der Waals surface area contributed by atoms with E-state index in [1.54, 1.807) is 41.4 Å². The number of amidine groups is 1. The molecule has 0 fully saturated rings. The summed E-state index contributed by atoms with van der Waals surface area (Å²) >= 11 is 0. The Bertz CT molecular complexity index is 831. The summed E-state index contributed by atoms with van der Waals surface area (Å²) in [5, 5.41) is 8.88. The maximum absolute atomic E-state index is 13.2. The van der Waals surface area contributed by atoms with E-state index in [1.807, 2.05) is 0 Å². The molecule has 3 rings (SSSR count). The van der Waals surface area contributed by atoms with Crippen LogP contribution >= 0.6 is 0 Å². The number of hydrazone groups is 1. The second-order valence-corrected chi connectivity index (χ2v) is 5.76. The minimum absolute atomic E-state index is 0.186. The molecule has 6 nitrogen and oxygen atoms in total. The molecule has 0 saturated heterocycles. The van der Waals surface area contributed by atoms with Gasteiger partial charge in [0.15, 0.2) is 0 Å². The molecule has 25 heavy (non-hydrogen) atoms. The molecule has 1 atom stereocenters. The lowest BCUT2D eigenvalue weighted by Gasteiger charge is -2.23. The first-order valence-corrected chi connectivity index (χ1v) is 7.73. The number of hydrogen-bond acceptors (Lipinski definition) is 4. The fraction of sp³-hybridized carbons (Fsp3) is 0.167. The van der Waals surface area contributed by atoms with Gasteiger partial charge in [-0.25, -0.2) is 4.39 Å². The van der Waals surface area contributed by atoms with Crippen LogP contribution in [0.1, 0.15) is 35.3 Å². The summed E-state index contributed by atoms with van der Waals surface area (Å²) in [5.74, 6) is -0.511. The van der Waals surface area contributed by atoms with Gasteiger partial charge in [-0.2, -0.15) is 5.10 Å². The van der Waals surface area contributed by atoms with Crippen molar-refractivity contribution >= 4 is 23.3 Å². The first-order chi connectivity index (χ1) is 11.9. The van der Waals surface area contributed by atoms with E-state index in [1.165, 1.54) is 19.1 Å². The summed E-state index contributed by atoms with van der Waals surface area (Å²) in [5.41, 5.74) is 7.29. The molecule has 1 aliphatic rings. The standard InChI is InChI=1S/C18H17FN4O2/c1-11(24)21-17-10-16(12-2-4-13(5-3-12)18(20)25)23(22-17)15-8-6-14(19)7-9-15/h2-9,16H,10H2,1H3,(H2,20,25)(H,21,22,24). The van der Waals surface area contributed by atoms with Crippen molar-refractivity contribution in [1.82, 2.24) is 5.32 Å². The smallest absolute Gasteiger partial charge is 0.248 e. The zero-order valence-electron chi connectivity index (χ0n) is 13.6. The van der Waals surface area contributed by atoms with Crippen molar-refractivity contribution in [2.75, 3.05) is 5.01 Å². The Kier molecular flexibility index (Phi) is 4.47. The molecule has 0 aromatic heterocycles. The minimum Gasteiger partial charge on any atom is -0.366 e. The molecule has 2 aromatic carbocycles. The van der Waals surface area contributed by atoms with Crippen LogP contribution in [0.2, 0.25) is 0 Å². The molecule has 0 saturated carbocycles. The van der Waals surface area contributed by atoms with Gasteiger partial charge in [0.25, 0.3) is 0 Å². The number of carbonyl (C=O) groups is 2. The SMILES string of the molecule is CC(=O)NC1=NN(c2ccc(F)cc2)C(c2ccc(C(N)=O)cc2)C1. The van der Waals surface area contributed by atoms with E-state index in [9.17, 15) is 14.0 Å². The molecular weight excluding hydrogens is 323 g/mol. The van der Waals surface area contributed by atoms with Gasteiger partial charge in [0, 0.05) is 18.9 Å². The molecule has 1 heterocycles. The molecular formula is C18H17FN4O2. The van der Waals surface area contributed by atoms with Gasteiger partial charge >= 0.3 is 0 Å². The Morgan fingerprint density at radius 1 is 1.16 bits per heavy atom. The van der Waals surface area contributed by atoms with Crippen LogP contribution in [0, 0.1) is 5.82 Å². The topological polar surface area (TPSA) is 87.8 Å². The lowest BCUT2D eigenvalue weighted by Crippen LogP contribution is -2.26. The third kappa shape index (κ3) is 3.65. The van der Waals surface area contributed by atoms with E-state index >= 15 is 0 Å². The van der Waals surface area contributed by atoms with Gasteiger partial charge in [0.2, 0.25) is 11.8 Å². The van der Waals surface area contributed by atoms with Crippen molar-refractivity contribution in [3.8, 4) is 0 Å². The molecule has 0 spiro atoms.